The van der Waals surface area contributed by atoms with E-state index in [4.69, 9.17) is 4.74 Å². The minimum Gasteiger partial charge on any atom is -0.491 e. The molecule has 0 amide bonds. The summed E-state index contributed by atoms with van der Waals surface area (Å²) in [6, 6.07) is 12.8. The van der Waals surface area contributed by atoms with Gasteiger partial charge < -0.3 is 25.0 Å². The van der Waals surface area contributed by atoms with Crippen LogP contribution in [0.1, 0.15) is 83.4 Å². The average Bonchev–Trinajstić information content (AvgIpc) is 3.85. The first-order valence-corrected chi connectivity index (χ1v) is 23.4. The fourth-order valence-electron chi connectivity index (χ4n) is 7.37. The Morgan fingerprint density at radius 1 is 0.966 bits per heavy atom. The molecule has 0 atom stereocenters. The van der Waals surface area contributed by atoms with Gasteiger partial charge in [-0.05, 0) is 86.8 Å². The molecule has 2 aromatic carbocycles. The highest BCUT2D eigenvalue weighted by Gasteiger charge is 2.28. The molecule has 0 unspecified atom stereocenters. The second-order valence-corrected chi connectivity index (χ2v) is 17.9. The Morgan fingerprint density at radius 3 is 2.55 bits per heavy atom. The van der Waals surface area contributed by atoms with E-state index in [9.17, 15) is 9.90 Å². The number of ether oxygens (including phenoxy) is 1. The maximum Gasteiger partial charge on any atom is 0.355 e. The van der Waals surface area contributed by atoms with Crippen LogP contribution in [0.2, 0.25) is 0 Å². The van der Waals surface area contributed by atoms with Gasteiger partial charge in [0.2, 0.25) is 0 Å². The lowest BCUT2D eigenvalue weighted by molar-refractivity contribution is 0.0690. The number of aryl methyl sites for hydroxylation is 1. The van der Waals surface area contributed by atoms with Crippen LogP contribution in [-0.4, -0.2) is 97.9 Å². The Hall–Kier alpha value is -3.95. The molecule has 1 saturated heterocycles. The molecule has 1 fully saturated rings. The number of carboxylic acid groups (broad SMARTS) is 1. The number of carboxylic acids is 1. The standard InChI is InChI=1S/C43H50FIN8O3S2/c1-30-32-14-11-23-53(40(32)50-49-39(30)48-42-46-34-15-6-7-16-36(34)57-42)43-47-38(41(54)55)37(58-43)17-12-28-56-35-19-18-31(29-33(35)44)13-10-22-52-26-24-51(25-27-52)21-9-5-3-2-4-8-20-45/h6-7,15-16,18-19,29H,2-5,8-9,11-12,14,17,20-28H2,1H3,(H,54,55)(H,46,48,49). The summed E-state index contributed by atoms with van der Waals surface area (Å²) in [5.74, 6) is 6.29. The minimum absolute atomic E-state index is 0.0187. The van der Waals surface area contributed by atoms with Gasteiger partial charge >= 0.3 is 5.97 Å². The molecule has 0 aliphatic carbocycles. The number of fused-ring (bicyclic) bond motifs is 2. The predicted octanol–water partition coefficient (Wildman–Crippen LogP) is 9.27. The van der Waals surface area contributed by atoms with E-state index in [0.29, 0.717) is 53.1 Å². The lowest BCUT2D eigenvalue weighted by atomic mass is 10.0. The lowest BCUT2D eigenvalue weighted by Gasteiger charge is -2.33. The summed E-state index contributed by atoms with van der Waals surface area (Å²) < 4.78 is 23.2. The largest absolute Gasteiger partial charge is 0.491 e. The van der Waals surface area contributed by atoms with E-state index in [1.165, 1.54) is 66.9 Å². The molecule has 2 aliphatic heterocycles. The van der Waals surface area contributed by atoms with Crippen molar-refractivity contribution in [2.75, 3.05) is 67.1 Å². The SMILES string of the molecule is Cc1c(Nc2nc3ccccc3s2)nnc2c1CCCN2c1nc(C(=O)O)c(CCCOc2ccc(C#CCN3CCN(CCCCCCCCI)CC3)cc2F)s1. The molecular formula is C43H50FIN8O3S2. The quantitative estimate of drug-likeness (QED) is 0.0379. The number of hydrogen-bond donors (Lipinski definition) is 2. The Bertz CT molecular complexity index is 2200. The van der Waals surface area contributed by atoms with Crippen LogP contribution < -0.4 is 15.0 Å². The van der Waals surface area contributed by atoms with E-state index >= 15 is 4.39 Å². The van der Waals surface area contributed by atoms with Crippen molar-refractivity contribution < 1.29 is 19.0 Å². The Morgan fingerprint density at radius 2 is 1.76 bits per heavy atom. The van der Waals surface area contributed by atoms with Gasteiger partial charge in [-0.15, -0.1) is 21.5 Å². The molecule has 5 heterocycles. The van der Waals surface area contributed by atoms with Crippen LogP contribution in [0.5, 0.6) is 5.75 Å². The second-order valence-electron chi connectivity index (χ2n) is 14.7. The first kappa shape index (κ1) is 42.2. The molecule has 7 rings (SSSR count). The van der Waals surface area contributed by atoms with Gasteiger partial charge in [-0.25, -0.2) is 19.2 Å². The van der Waals surface area contributed by atoms with Gasteiger partial charge in [0.1, 0.15) is 0 Å². The number of nitrogens with zero attached hydrogens (tertiary/aromatic N) is 7. The normalized spacial score (nSPS) is 14.6. The van der Waals surface area contributed by atoms with E-state index in [1.54, 1.807) is 23.5 Å². The number of para-hydroxylation sites is 1. The predicted molar refractivity (Wildman–Crippen MR) is 241 cm³/mol. The van der Waals surface area contributed by atoms with Gasteiger partial charge in [-0.2, -0.15) is 0 Å². The molecule has 15 heteroatoms. The maximum atomic E-state index is 15.0. The zero-order valence-corrected chi connectivity index (χ0v) is 36.7. The van der Waals surface area contributed by atoms with Crippen molar-refractivity contribution in [3.8, 4) is 17.6 Å². The Kier molecular flexibility index (Phi) is 15.2. The minimum atomic E-state index is -1.09. The van der Waals surface area contributed by atoms with Gasteiger partial charge in [-0.3, -0.25) is 4.90 Å². The van der Waals surface area contributed by atoms with E-state index < -0.39 is 11.8 Å². The van der Waals surface area contributed by atoms with Crippen LogP contribution >= 0.6 is 45.3 Å². The second kappa shape index (κ2) is 20.8. The van der Waals surface area contributed by atoms with E-state index in [-0.39, 0.29) is 18.1 Å². The number of alkyl halides is 1. The highest BCUT2D eigenvalue weighted by atomic mass is 127. The van der Waals surface area contributed by atoms with E-state index in [0.717, 1.165) is 65.5 Å². The fourth-order valence-corrected chi connectivity index (χ4v) is 9.90. The van der Waals surface area contributed by atoms with Gasteiger partial charge in [0.15, 0.2) is 39.2 Å². The molecule has 0 bridgehead atoms. The first-order valence-electron chi connectivity index (χ1n) is 20.3. The van der Waals surface area contributed by atoms with Crippen LogP contribution in [0.25, 0.3) is 10.2 Å². The van der Waals surface area contributed by atoms with Gasteiger partial charge in [0.25, 0.3) is 0 Å². The summed E-state index contributed by atoms with van der Waals surface area (Å²) in [5, 5.41) is 23.8. The third-order valence-electron chi connectivity index (χ3n) is 10.6. The third-order valence-corrected chi connectivity index (χ3v) is 13.5. The van der Waals surface area contributed by atoms with Crippen LogP contribution in [0.4, 0.5) is 26.3 Å². The summed E-state index contributed by atoms with van der Waals surface area (Å²) in [5.41, 5.74) is 3.59. The van der Waals surface area contributed by atoms with Crippen molar-refractivity contribution in [3.63, 3.8) is 0 Å². The van der Waals surface area contributed by atoms with Crippen molar-refractivity contribution in [1.29, 1.82) is 0 Å². The lowest BCUT2D eigenvalue weighted by Crippen LogP contribution is -2.46. The summed E-state index contributed by atoms with van der Waals surface area (Å²) in [4.78, 5) is 29.0. The Labute approximate surface area is 361 Å². The molecule has 5 aromatic rings. The number of carbonyl (C=O) groups is 1. The summed E-state index contributed by atoms with van der Waals surface area (Å²) in [7, 11) is 0. The number of hydrogen-bond acceptors (Lipinski definition) is 12. The number of unbranched alkanes of at least 4 members (excludes halogenated alkanes) is 5. The van der Waals surface area contributed by atoms with Crippen LogP contribution in [0.3, 0.4) is 0 Å². The molecule has 0 saturated carbocycles. The van der Waals surface area contributed by atoms with Gasteiger partial charge in [-0.1, -0.05) is 83.6 Å². The average molecular weight is 937 g/mol. The van der Waals surface area contributed by atoms with E-state index in [2.05, 4.69) is 69.7 Å². The van der Waals surface area contributed by atoms with Gasteiger partial charge in [0, 0.05) is 54.3 Å². The smallest absolute Gasteiger partial charge is 0.355 e. The number of benzene rings is 2. The number of anilines is 4. The van der Waals surface area contributed by atoms with Crippen molar-refractivity contribution in [3.05, 3.63) is 75.5 Å². The molecule has 11 nitrogen and oxygen atoms in total. The highest BCUT2D eigenvalue weighted by molar-refractivity contribution is 14.1. The Balaban J connectivity index is 0.879. The molecule has 58 heavy (non-hydrogen) atoms. The topological polar surface area (TPSA) is 120 Å². The monoisotopic (exact) mass is 936 g/mol. The summed E-state index contributed by atoms with van der Waals surface area (Å²) in [6.45, 7) is 8.92. The van der Waals surface area contributed by atoms with Crippen molar-refractivity contribution in [1.82, 2.24) is 30.0 Å². The molecule has 306 valence electrons. The van der Waals surface area contributed by atoms with Crippen molar-refractivity contribution in [2.45, 2.75) is 71.1 Å². The molecule has 0 radical (unpaired) electrons. The molecule has 2 aliphatic rings. The number of aromatic nitrogens is 4. The summed E-state index contributed by atoms with van der Waals surface area (Å²) in [6.07, 6.45) is 10.6. The number of piperazine rings is 1. The van der Waals surface area contributed by atoms with E-state index in [1.807, 2.05) is 36.1 Å². The van der Waals surface area contributed by atoms with Crippen molar-refractivity contribution in [2.24, 2.45) is 0 Å². The molecule has 2 N–H and O–H groups in total. The number of halogens is 2. The zero-order chi connectivity index (χ0) is 40.3. The van der Waals surface area contributed by atoms with Crippen molar-refractivity contribution >= 4 is 83.3 Å². The first-order chi connectivity index (χ1) is 28.4. The number of rotatable bonds is 18. The highest BCUT2D eigenvalue weighted by Crippen LogP contribution is 2.39. The molecular weight excluding hydrogens is 887 g/mol. The fraction of sp³-hybridized carbons (Fsp3) is 0.465. The van der Waals surface area contributed by atoms with Crippen LogP contribution in [-0.2, 0) is 12.8 Å². The zero-order valence-electron chi connectivity index (χ0n) is 32.9. The summed E-state index contributed by atoms with van der Waals surface area (Å²) >= 11 is 5.36. The number of nitrogens with one attached hydrogen (secondary N) is 1. The molecule has 0 spiro atoms. The number of aromatic carboxylic acids is 1. The van der Waals surface area contributed by atoms with Gasteiger partial charge in [0.05, 0.1) is 23.4 Å². The molecule has 3 aromatic heterocycles. The number of thiazole rings is 2. The maximum absolute atomic E-state index is 15.0. The third kappa shape index (κ3) is 11.0. The van der Waals surface area contributed by atoms with Crippen LogP contribution in [0.15, 0.2) is 42.5 Å². The van der Waals surface area contributed by atoms with Crippen LogP contribution in [0, 0.1) is 24.6 Å².